The van der Waals surface area contributed by atoms with Crippen LogP contribution in [-0.4, -0.2) is 12.6 Å². The normalized spacial score (nSPS) is 19.3. The Balaban J connectivity index is 0.000000640. The fourth-order valence-corrected chi connectivity index (χ4v) is 0.806. The molecule has 1 saturated heterocycles. The van der Waals surface area contributed by atoms with E-state index in [9.17, 15) is 4.79 Å². The van der Waals surface area contributed by atoms with E-state index >= 15 is 0 Å². The van der Waals surface area contributed by atoms with Crippen LogP contribution in [0, 0.1) is 0 Å². The molecule has 1 rings (SSSR count). The molecule has 3 heteroatoms. The van der Waals surface area contributed by atoms with Gasteiger partial charge in [0.1, 0.15) is 0 Å². The van der Waals surface area contributed by atoms with E-state index in [1.54, 1.807) is 0 Å². The second kappa shape index (κ2) is 4.62. The summed E-state index contributed by atoms with van der Waals surface area (Å²) in [6, 6.07) is 0. The smallest absolute Gasteiger partial charge is 0.305 e. The van der Waals surface area contributed by atoms with Crippen molar-refractivity contribution in [3.8, 4) is 0 Å². The summed E-state index contributed by atoms with van der Waals surface area (Å²) in [5.41, 5.74) is 0. The maximum atomic E-state index is 10.5. The average molecular weight is 151 g/mol. The quantitative estimate of drug-likeness (QED) is 0.490. The molecule has 1 aliphatic rings. The highest BCUT2D eigenvalue weighted by Crippen LogP contribution is 2.06. The Hall–Kier alpha value is -0.240. The molecule has 0 radical (unpaired) electrons. The molecule has 9 heavy (non-hydrogen) atoms. The number of hydrogen-bond donors (Lipinski definition) is 0. The van der Waals surface area contributed by atoms with Crippen LogP contribution in [0.4, 0.5) is 0 Å². The lowest BCUT2D eigenvalue weighted by Crippen LogP contribution is -2.00. The van der Waals surface area contributed by atoms with Gasteiger partial charge in [-0.05, 0) is 19.3 Å². The van der Waals surface area contributed by atoms with Gasteiger partial charge in [0.15, 0.2) is 0 Å². The third-order valence-corrected chi connectivity index (χ3v) is 1.29. The molecule has 1 aliphatic heterocycles. The van der Waals surface area contributed by atoms with Crippen LogP contribution >= 0.6 is 12.4 Å². The molecule has 0 unspecified atom stereocenters. The SMILES string of the molecule is Cl.O=C1CCCCCO1. The summed E-state index contributed by atoms with van der Waals surface area (Å²) >= 11 is 0. The van der Waals surface area contributed by atoms with Gasteiger partial charge in [-0.15, -0.1) is 12.4 Å². The van der Waals surface area contributed by atoms with Crippen LogP contribution in [0.1, 0.15) is 25.7 Å². The van der Waals surface area contributed by atoms with Crippen molar-refractivity contribution < 1.29 is 9.53 Å². The predicted octanol–water partition coefficient (Wildman–Crippen LogP) is 1.53. The van der Waals surface area contributed by atoms with E-state index in [1.807, 2.05) is 0 Å². The molecule has 0 aliphatic carbocycles. The lowest BCUT2D eigenvalue weighted by molar-refractivity contribution is -0.142. The molecule has 2 nitrogen and oxygen atoms in total. The van der Waals surface area contributed by atoms with Crippen molar-refractivity contribution in [2.45, 2.75) is 25.7 Å². The second-order valence-electron chi connectivity index (χ2n) is 2.03. The largest absolute Gasteiger partial charge is 0.466 e. The zero-order valence-corrected chi connectivity index (χ0v) is 6.08. The van der Waals surface area contributed by atoms with Crippen molar-refractivity contribution in [3.05, 3.63) is 0 Å². The number of carbonyl (C=O) groups excluding carboxylic acids is 1. The van der Waals surface area contributed by atoms with E-state index in [2.05, 4.69) is 0 Å². The summed E-state index contributed by atoms with van der Waals surface area (Å²) < 4.78 is 4.76. The van der Waals surface area contributed by atoms with Crippen LogP contribution in [0.15, 0.2) is 0 Å². The van der Waals surface area contributed by atoms with Gasteiger partial charge in [0, 0.05) is 6.42 Å². The highest BCUT2D eigenvalue weighted by atomic mass is 35.5. The molecule has 0 atom stereocenters. The van der Waals surface area contributed by atoms with Gasteiger partial charge in [-0.1, -0.05) is 0 Å². The van der Waals surface area contributed by atoms with Crippen LogP contribution in [0.2, 0.25) is 0 Å². The van der Waals surface area contributed by atoms with Crippen LogP contribution in [0.3, 0.4) is 0 Å². The van der Waals surface area contributed by atoms with Crippen LogP contribution in [0.5, 0.6) is 0 Å². The number of rotatable bonds is 0. The Morgan fingerprint density at radius 2 is 2.00 bits per heavy atom. The minimum atomic E-state index is -0.0255. The van der Waals surface area contributed by atoms with Crippen molar-refractivity contribution in [1.82, 2.24) is 0 Å². The maximum absolute atomic E-state index is 10.5. The minimum Gasteiger partial charge on any atom is -0.466 e. The number of ether oxygens (including phenoxy) is 1. The fraction of sp³-hybridized carbons (Fsp3) is 0.833. The van der Waals surface area contributed by atoms with Gasteiger partial charge < -0.3 is 4.74 Å². The maximum Gasteiger partial charge on any atom is 0.305 e. The van der Waals surface area contributed by atoms with Gasteiger partial charge in [-0.2, -0.15) is 0 Å². The molecule has 0 amide bonds. The molecule has 0 saturated carbocycles. The first-order valence-electron chi connectivity index (χ1n) is 3.05. The first-order valence-corrected chi connectivity index (χ1v) is 3.05. The van der Waals surface area contributed by atoms with Gasteiger partial charge in [0.25, 0.3) is 0 Å². The van der Waals surface area contributed by atoms with E-state index in [0.717, 1.165) is 19.3 Å². The summed E-state index contributed by atoms with van der Waals surface area (Å²) in [7, 11) is 0. The molecule has 1 fully saturated rings. The standard InChI is InChI=1S/C6H10O2.ClH/c7-6-4-2-1-3-5-8-6;/h1-5H2;1H. The van der Waals surface area contributed by atoms with E-state index in [1.165, 1.54) is 0 Å². The van der Waals surface area contributed by atoms with Gasteiger partial charge >= 0.3 is 5.97 Å². The summed E-state index contributed by atoms with van der Waals surface area (Å²) in [6.45, 7) is 0.638. The van der Waals surface area contributed by atoms with Crippen molar-refractivity contribution in [2.24, 2.45) is 0 Å². The Labute approximate surface area is 61.0 Å². The van der Waals surface area contributed by atoms with Crippen LogP contribution in [0.25, 0.3) is 0 Å². The molecule has 0 aromatic carbocycles. The number of carbonyl (C=O) groups is 1. The fourth-order valence-electron chi connectivity index (χ4n) is 0.806. The van der Waals surface area contributed by atoms with Crippen molar-refractivity contribution in [3.63, 3.8) is 0 Å². The highest BCUT2D eigenvalue weighted by Gasteiger charge is 2.05. The Morgan fingerprint density at radius 3 is 2.78 bits per heavy atom. The average Bonchev–Trinajstić information content (AvgIpc) is 1.94. The highest BCUT2D eigenvalue weighted by molar-refractivity contribution is 5.85. The van der Waals surface area contributed by atoms with Crippen molar-refractivity contribution in [1.29, 1.82) is 0 Å². The zero-order chi connectivity index (χ0) is 5.82. The molecule has 54 valence electrons. The Bertz CT molecular complexity index is 83.1. The Morgan fingerprint density at radius 1 is 1.22 bits per heavy atom. The molecular weight excluding hydrogens is 140 g/mol. The summed E-state index contributed by atoms with van der Waals surface area (Å²) in [6.07, 6.45) is 3.83. The topological polar surface area (TPSA) is 26.3 Å². The van der Waals surface area contributed by atoms with Gasteiger partial charge in [-0.3, -0.25) is 4.79 Å². The summed E-state index contributed by atoms with van der Waals surface area (Å²) in [5.74, 6) is -0.0255. The predicted molar refractivity (Wildman–Crippen MR) is 36.7 cm³/mol. The van der Waals surface area contributed by atoms with E-state index in [0.29, 0.717) is 13.0 Å². The number of cyclic esters (lactones) is 1. The number of esters is 1. The van der Waals surface area contributed by atoms with Crippen molar-refractivity contribution >= 4 is 18.4 Å². The van der Waals surface area contributed by atoms with Gasteiger partial charge in [0.2, 0.25) is 0 Å². The van der Waals surface area contributed by atoms with Crippen LogP contribution in [-0.2, 0) is 9.53 Å². The molecule has 0 spiro atoms. The van der Waals surface area contributed by atoms with Gasteiger partial charge in [0.05, 0.1) is 6.61 Å². The lowest BCUT2D eigenvalue weighted by Gasteiger charge is -1.93. The first kappa shape index (κ1) is 8.76. The van der Waals surface area contributed by atoms with Crippen molar-refractivity contribution in [2.75, 3.05) is 6.61 Å². The molecular formula is C6H11ClO2. The Kier molecular flexibility index (Phi) is 4.50. The van der Waals surface area contributed by atoms with Gasteiger partial charge in [-0.25, -0.2) is 0 Å². The molecule has 1 heterocycles. The second-order valence-corrected chi connectivity index (χ2v) is 2.03. The van der Waals surface area contributed by atoms with E-state index in [-0.39, 0.29) is 18.4 Å². The van der Waals surface area contributed by atoms with E-state index < -0.39 is 0 Å². The number of halogens is 1. The molecule has 0 bridgehead atoms. The zero-order valence-electron chi connectivity index (χ0n) is 5.26. The molecule has 0 aromatic rings. The van der Waals surface area contributed by atoms with Crippen LogP contribution < -0.4 is 0 Å². The monoisotopic (exact) mass is 150 g/mol. The minimum absolute atomic E-state index is 0. The third-order valence-electron chi connectivity index (χ3n) is 1.29. The third kappa shape index (κ3) is 3.36. The summed E-state index contributed by atoms with van der Waals surface area (Å²) in [5, 5.41) is 0. The first-order chi connectivity index (χ1) is 3.89. The van der Waals surface area contributed by atoms with E-state index in [4.69, 9.17) is 4.74 Å². The number of hydrogen-bond acceptors (Lipinski definition) is 2. The summed E-state index contributed by atoms with van der Waals surface area (Å²) in [4.78, 5) is 10.5. The lowest BCUT2D eigenvalue weighted by atomic mass is 10.2. The molecule has 0 N–H and O–H groups in total. The molecule has 0 aromatic heterocycles.